The molecule has 0 aromatic rings. The van der Waals surface area contributed by atoms with E-state index in [0.717, 1.165) is 6.54 Å². The van der Waals surface area contributed by atoms with Crippen molar-refractivity contribution in [2.45, 2.75) is 13.8 Å². The molecule has 0 amide bonds. The van der Waals surface area contributed by atoms with E-state index in [1.54, 1.807) is 0 Å². The molecule has 0 saturated heterocycles. The zero-order valence-corrected chi connectivity index (χ0v) is 7.25. The van der Waals surface area contributed by atoms with Gasteiger partial charge in [-0.1, -0.05) is 5.57 Å². The van der Waals surface area contributed by atoms with Gasteiger partial charge in [0.2, 0.25) is 0 Å². The Morgan fingerprint density at radius 1 is 1.56 bits per heavy atom. The normalized spacial score (nSPS) is 19.2. The summed E-state index contributed by atoms with van der Waals surface area (Å²) in [6, 6.07) is 0. The van der Waals surface area contributed by atoms with Crippen LogP contribution in [0.5, 0.6) is 0 Å². The summed E-state index contributed by atoms with van der Waals surface area (Å²) in [5.41, 5.74) is 2.76. The predicted octanol–water partition coefficient (Wildman–Crippen LogP) is 2.16. The molecule has 0 spiro atoms. The van der Waals surface area contributed by atoms with Gasteiger partial charge < -0.3 is 5.32 Å². The molecule has 9 heavy (non-hydrogen) atoms. The fraction of sp³-hybridized carbons (Fsp3) is 0.429. The molecule has 0 aromatic carbocycles. The molecule has 1 aliphatic heterocycles. The molecular weight excluding hydrogens is 178 g/mol. The number of hydrogen-bond acceptors (Lipinski definition) is 1. The molecule has 1 N–H and O–H groups in total. The van der Waals surface area contributed by atoms with Crippen molar-refractivity contribution in [3.63, 3.8) is 0 Å². The molecule has 2 heteroatoms. The Kier molecular flexibility index (Phi) is 1.96. The molecule has 1 aliphatic rings. The van der Waals surface area contributed by atoms with E-state index in [0.29, 0.717) is 0 Å². The molecule has 0 radical (unpaired) electrons. The van der Waals surface area contributed by atoms with Crippen LogP contribution in [0.15, 0.2) is 21.8 Å². The van der Waals surface area contributed by atoms with Crippen LogP contribution in [0.3, 0.4) is 0 Å². The number of allylic oxidation sites excluding steroid dienone is 2. The van der Waals surface area contributed by atoms with Crippen LogP contribution in [0.1, 0.15) is 13.8 Å². The molecule has 0 atom stereocenters. The van der Waals surface area contributed by atoms with Crippen molar-refractivity contribution < 1.29 is 0 Å². The Bertz CT molecular complexity index is 179. The Morgan fingerprint density at radius 2 is 2.22 bits per heavy atom. The molecule has 1 rings (SSSR count). The van der Waals surface area contributed by atoms with Crippen LogP contribution in [0.25, 0.3) is 0 Å². The van der Waals surface area contributed by atoms with Gasteiger partial charge in [-0.3, -0.25) is 0 Å². The van der Waals surface area contributed by atoms with Crippen molar-refractivity contribution in [2.24, 2.45) is 0 Å². The van der Waals surface area contributed by atoms with Crippen molar-refractivity contribution in [3.8, 4) is 0 Å². The Balaban J connectivity index is 2.88. The fourth-order valence-corrected chi connectivity index (χ4v) is 1.24. The number of nitrogens with one attached hydrogen (secondary N) is 1. The first-order chi connectivity index (χ1) is 4.22. The van der Waals surface area contributed by atoms with Crippen molar-refractivity contribution in [3.05, 3.63) is 21.8 Å². The lowest BCUT2D eigenvalue weighted by atomic mass is 10.1. The van der Waals surface area contributed by atoms with Crippen LogP contribution in [0.2, 0.25) is 0 Å². The van der Waals surface area contributed by atoms with Gasteiger partial charge in [0, 0.05) is 17.2 Å². The third kappa shape index (κ3) is 1.36. The minimum absolute atomic E-state index is 0.987. The summed E-state index contributed by atoms with van der Waals surface area (Å²) in [6.07, 6.45) is 1.99. The first-order valence-electron chi connectivity index (χ1n) is 2.97. The van der Waals surface area contributed by atoms with Gasteiger partial charge in [0.1, 0.15) is 0 Å². The van der Waals surface area contributed by atoms with Crippen LogP contribution in [0, 0.1) is 0 Å². The third-order valence-electron chi connectivity index (χ3n) is 1.59. The minimum Gasteiger partial charge on any atom is -0.386 e. The van der Waals surface area contributed by atoms with E-state index in [1.807, 2.05) is 6.20 Å². The average molecular weight is 188 g/mol. The topological polar surface area (TPSA) is 12.0 Å². The summed E-state index contributed by atoms with van der Waals surface area (Å²) in [4.78, 5) is 0. The zero-order valence-electron chi connectivity index (χ0n) is 5.66. The average Bonchev–Trinajstić information content (AvgIpc) is 1.83. The van der Waals surface area contributed by atoms with Crippen molar-refractivity contribution in [1.82, 2.24) is 5.32 Å². The van der Waals surface area contributed by atoms with Crippen molar-refractivity contribution in [1.29, 1.82) is 0 Å². The number of dihydropyridines is 1. The molecule has 1 heterocycles. The SMILES string of the molecule is CC1=C(C)C(Br)=CNC1. The summed E-state index contributed by atoms with van der Waals surface area (Å²) in [5.74, 6) is 0. The van der Waals surface area contributed by atoms with E-state index >= 15 is 0 Å². The van der Waals surface area contributed by atoms with Gasteiger partial charge in [0.25, 0.3) is 0 Å². The van der Waals surface area contributed by atoms with E-state index < -0.39 is 0 Å². The highest BCUT2D eigenvalue weighted by Crippen LogP contribution is 2.21. The third-order valence-corrected chi connectivity index (χ3v) is 2.42. The molecule has 0 bridgehead atoms. The summed E-state index contributed by atoms with van der Waals surface area (Å²) in [6.45, 7) is 5.24. The predicted molar refractivity (Wildman–Crippen MR) is 43.4 cm³/mol. The molecule has 0 unspecified atom stereocenters. The van der Waals surface area contributed by atoms with E-state index in [-0.39, 0.29) is 0 Å². The highest BCUT2D eigenvalue weighted by Gasteiger charge is 2.03. The van der Waals surface area contributed by atoms with Gasteiger partial charge in [-0.15, -0.1) is 0 Å². The van der Waals surface area contributed by atoms with Crippen LogP contribution >= 0.6 is 15.9 Å². The first kappa shape index (κ1) is 6.87. The second-order valence-electron chi connectivity index (χ2n) is 2.28. The number of halogens is 1. The van der Waals surface area contributed by atoms with E-state index in [4.69, 9.17) is 0 Å². The molecular formula is C7H10BrN. The van der Waals surface area contributed by atoms with Crippen LogP contribution in [-0.4, -0.2) is 6.54 Å². The standard InChI is InChI=1S/C7H10BrN/c1-5-3-9-4-7(8)6(5)2/h4,9H,3H2,1-2H3. The minimum atomic E-state index is 0.987. The lowest BCUT2D eigenvalue weighted by Crippen LogP contribution is -2.14. The van der Waals surface area contributed by atoms with E-state index in [1.165, 1.54) is 15.6 Å². The molecule has 0 fully saturated rings. The maximum absolute atomic E-state index is 3.43. The van der Waals surface area contributed by atoms with Gasteiger partial charge in [0.15, 0.2) is 0 Å². The van der Waals surface area contributed by atoms with Gasteiger partial charge in [0.05, 0.1) is 0 Å². The fourth-order valence-electron chi connectivity index (χ4n) is 0.738. The van der Waals surface area contributed by atoms with Gasteiger partial charge >= 0.3 is 0 Å². The smallest absolute Gasteiger partial charge is 0.0361 e. The highest BCUT2D eigenvalue weighted by atomic mass is 79.9. The van der Waals surface area contributed by atoms with Gasteiger partial charge in [-0.25, -0.2) is 0 Å². The van der Waals surface area contributed by atoms with Gasteiger partial charge in [-0.2, -0.15) is 0 Å². The Hall–Kier alpha value is -0.240. The van der Waals surface area contributed by atoms with E-state index in [2.05, 4.69) is 35.1 Å². The monoisotopic (exact) mass is 187 g/mol. The summed E-state index contributed by atoms with van der Waals surface area (Å²) >= 11 is 3.43. The Morgan fingerprint density at radius 3 is 2.67 bits per heavy atom. The van der Waals surface area contributed by atoms with Crippen LogP contribution in [-0.2, 0) is 0 Å². The lowest BCUT2D eigenvalue weighted by Gasteiger charge is -2.13. The molecule has 50 valence electrons. The van der Waals surface area contributed by atoms with Crippen molar-refractivity contribution >= 4 is 15.9 Å². The van der Waals surface area contributed by atoms with Crippen molar-refractivity contribution in [2.75, 3.05) is 6.54 Å². The van der Waals surface area contributed by atoms with Gasteiger partial charge in [-0.05, 0) is 35.4 Å². The second-order valence-corrected chi connectivity index (χ2v) is 3.13. The quantitative estimate of drug-likeness (QED) is 0.614. The van der Waals surface area contributed by atoms with Crippen LogP contribution in [0.4, 0.5) is 0 Å². The molecule has 0 aromatic heterocycles. The molecule has 1 nitrogen and oxygen atoms in total. The summed E-state index contributed by atoms with van der Waals surface area (Å²) < 4.78 is 1.17. The Labute approximate surface area is 64.0 Å². The van der Waals surface area contributed by atoms with Crippen LogP contribution < -0.4 is 5.32 Å². The van der Waals surface area contributed by atoms with E-state index in [9.17, 15) is 0 Å². The summed E-state index contributed by atoms with van der Waals surface area (Å²) in [5, 5.41) is 3.15. The number of rotatable bonds is 0. The molecule has 0 aliphatic carbocycles. The highest BCUT2D eigenvalue weighted by molar-refractivity contribution is 9.12. The first-order valence-corrected chi connectivity index (χ1v) is 3.77. The number of hydrogen-bond donors (Lipinski definition) is 1. The largest absolute Gasteiger partial charge is 0.386 e. The maximum Gasteiger partial charge on any atom is 0.0361 e. The lowest BCUT2D eigenvalue weighted by molar-refractivity contribution is 0.900. The zero-order chi connectivity index (χ0) is 6.85. The maximum atomic E-state index is 3.43. The summed E-state index contributed by atoms with van der Waals surface area (Å²) in [7, 11) is 0. The molecule has 0 saturated carbocycles. The second kappa shape index (κ2) is 2.56.